The molecule has 0 radical (unpaired) electrons. The van der Waals surface area contributed by atoms with Gasteiger partial charge in [-0.3, -0.25) is 4.68 Å². The lowest BCUT2D eigenvalue weighted by molar-refractivity contribution is 0.626. The number of rotatable bonds is 3. The number of benzene rings is 2. The van der Waals surface area contributed by atoms with Crippen molar-refractivity contribution in [1.82, 2.24) is 15.1 Å². The van der Waals surface area contributed by atoms with Gasteiger partial charge in [-0.15, -0.1) is 0 Å². The normalized spacial score (nSPS) is 14.3. The molecule has 2 aromatic carbocycles. The Bertz CT molecular complexity index is 775. The lowest BCUT2D eigenvalue weighted by atomic mass is 10.0. The van der Waals surface area contributed by atoms with Crippen molar-refractivity contribution in [1.29, 1.82) is 0 Å². The number of fused-ring (bicyclic) bond motifs is 1. The lowest BCUT2D eigenvalue weighted by Crippen LogP contribution is -2.12. The van der Waals surface area contributed by atoms with E-state index >= 15 is 0 Å². The summed E-state index contributed by atoms with van der Waals surface area (Å²) in [5.41, 5.74) is 6.39. The molecule has 0 amide bonds. The van der Waals surface area contributed by atoms with E-state index < -0.39 is 0 Å². The molecule has 0 bridgehead atoms. The number of aromatic nitrogens is 2. The molecule has 23 heavy (non-hydrogen) atoms. The molecule has 0 atom stereocenters. The first-order valence-corrected chi connectivity index (χ1v) is 8.30. The average molecular weight is 303 g/mol. The van der Waals surface area contributed by atoms with Gasteiger partial charge in [0.05, 0.1) is 12.2 Å². The molecule has 116 valence electrons. The third-order valence-corrected chi connectivity index (χ3v) is 4.46. The van der Waals surface area contributed by atoms with Gasteiger partial charge in [0.15, 0.2) is 0 Å². The first-order chi connectivity index (χ1) is 11.4. The second kappa shape index (κ2) is 6.39. The van der Waals surface area contributed by atoms with Gasteiger partial charge >= 0.3 is 0 Å². The maximum atomic E-state index is 4.98. The van der Waals surface area contributed by atoms with Crippen LogP contribution in [0, 0.1) is 0 Å². The van der Waals surface area contributed by atoms with Crippen LogP contribution in [-0.4, -0.2) is 16.3 Å². The quantitative estimate of drug-likeness (QED) is 0.800. The van der Waals surface area contributed by atoms with E-state index in [0.29, 0.717) is 0 Å². The van der Waals surface area contributed by atoms with Gasteiger partial charge in [-0.05, 0) is 24.9 Å². The van der Waals surface area contributed by atoms with E-state index in [4.69, 9.17) is 5.10 Å². The molecule has 2 heterocycles. The molecule has 0 aliphatic carbocycles. The summed E-state index contributed by atoms with van der Waals surface area (Å²) in [5.74, 6) is 0. The summed E-state index contributed by atoms with van der Waals surface area (Å²) >= 11 is 0. The van der Waals surface area contributed by atoms with E-state index in [2.05, 4.69) is 70.7 Å². The van der Waals surface area contributed by atoms with Crippen LogP contribution < -0.4 is 5.32 Å². The minimum absolute atomic E-state index is 0.843. The van der Waals surface area contributed by atoms with Crippen LogP contribution in [0.3, 0.4) is 0 Å². The summed E-state index contributed by atoms with van der Waals surface area (Å²) in [7, 11) is 0. The SMILES string of the molecule is c1ccc(Cn2nc(-c3ccccc3)c3c2CCCNC3)cc1. The second-order valence-electron chi connectivity index (χ2n) is 6.06. The van der Waals surface area contributed by atoms with Crippen LogP contribution in [0.15, 0.2) is 60.7 Å². The molecular formula is C20H21N3. The molecule has 1 N–H and O–H groups in total. The van der Waals surface area contributed by atoms with Gasteiger partial charge in [0, 0.05) is 23.4 Å². The third-order valence-electron chi connectivity index (χ3n) is 4.46. The van der Waals surface area contributed by atoms with Crippen LogP contribution in [-0.2, 0) is 19.5 Å². The zero-order chi connectivity index (χ0) is 15.5. The lowest BCUT2D eigenvalue weighted by Gasteiger charge is -2.07. The standard InChI is InChI=1S/C20H21N3/c1-3-8-16(9-4-1)15-23-19-12-7-13-21-14-18(19)20(22-23)17-10-5-2-6-11-17/h1-6,8-11,21H,7,12-15H2. The van der Waals surface area contributed by atoms with Crippen molar-refractivity contribution in [3.8, 4) is 11.3 Å². The molecule has 0 saturated heterocycles. The van der Waals surface area contributed by atoms with E-state index in [1.54, 1.807) is 0 Å². The van der Waals surface area contributed by atoms with Crippen molar-refractivity contribution in [2.45, 2.75) is 25.9 Å². The zero-order valence-electron chi connectivity index (χ0n) is 13.2. The fraction of sp³-hybridized carbons (Fsp3) is 0.250. The fourth-order valence-corrected chi connectivity index (χ4v) is 3.31. The third kappa shape index (κ3) is 2.92. The Labute approximate surface area is 137 Å². The number of nitrogens with zero attached hydrogens (tertiary/aromatic N) is 2. The predicted octanol–water partition coefficient (Wildman–Crippen LogP) is 3.63. The minimum Gasteiger partial charge on any atom is -0.313 e. The summed E-state index contributed by atoms with van der Waals surface area (Å²) in [6.45, 7) is 2.83. The molecule has 3 aromatic rings. The number of nitrogens with one attached hydrogen (secondary N) is 1. The molecule has 4 rings (SSSR count). The number of hydrogen-bond donors (Lipinski definition) is 1. The highest BCUT2D eigenvalue weighted by Gasteiger charge is 2.20. The maximum absolute atomic E-state index is 4.98. The molecule has 0 saturated carbocycles. The van der Waals surface area contributed by atoms with E-state index in [-0.39, 0.29) is 0 Å². The first-order valence-electron chi connectivity index (χ1n) is 8.30. The molecule has 1 aromatic heterocycles. The van der Waals surface area contributed by atoms with Crippen LogP contribution in [0.1, 0.15) is 23.2 Å². The summed E-state index contributed by atoms with van der Waals surface area (Å²) in [6.07, 6.45) is 2.26. The highest BCUT2D eigenvalue weighted by Crippen LogP contribution is 2.28. The van der Waals surface area contributed by atoms with E-state index in [0.717, 1.165) is 31.7 Å². The number of hydrogen-bond acceptors (Lipinski definition) is 2. The Morgan fingerprint density at radius 1 is 0.957 bits per heavy atom. The van der Waals surface area contributed by atoms with Crippen molar-refractivity contribution in [3.05, 3.63) is 77.5 Å². The van der Waals surface area contributed by atoms with E-state index in [1.807, 2.05) is 0 Å². The maximum Gasteiger partial charge on any atom is 0.0971 e. The summed E-state index contributed by atoms with van der Waals surface area (Å²) in [4.78, 5) is 0. The second-order valence-corrected chi connectivity index (χ2v) is 6.06. The summed E-state index contributed by atoms with van der Waals surface area (Å²) in [5, 5.41) is 8.51. The molecule has 1 aliphatic heterocycles. The van der Waals surface area contributed by atoms with E-state index in [1.165, 1.54) is 28.8 Å². The van der Waals surface area contributed by atoms with Crippen molar-refractivity contribution in [2.75, 3.05) is 6.54 Å². The largest absolute Gasteiger partial charge is 0.313 e. The van der Waals surface area contributed by atoms with E-state index in [9.17, 15) is 0 Å². The monoisotopic (exact) mass is 303 g/mol. The van der Waals surface area contributed by atoms with Crippen LogP contribution in [0.4, 0.5) is 0 Å². The first kappa shape index (κ1) is 14.2. The van der Waals surface area contributed by atoms with Gasteiger partial charge in [0.1, 0.15) is 0 Å². The van der Waals surface area contributed by atoms with Gasteiger partial charge in [-0.1, -0.05) is 60.7 Å². The fourth-order valence-electron chi connectivity index (χ4n) is 3.31. The highest BCUT2D eigenvalue weighted by molar-refractivity contribution is 5.64. The molecular weight excluding hydrogens is 282 g/mol. The van der Waals surface area contributed by atoms with Crippen LogP contribution in [0.5, 0.6) is 0 Å². The van der Waals surface area contributed by atoms with Crippen LogP contribution in [0.2, 0.25) is 0 Å². The van der Waals surface area contributed by atoms with Crippen molar-refractivity contribution >= 4 is 0 Å². The molecule has 0 fully saturated rings. The van der Waals surface area contributed by atoms with Gasteiger partial charge < -0.3 is 5.32 Å². The topological polar surface area (TPSA) is 29.9 Å². The summed E-state index contributed by atoms with van der Waals surface area (Å²) < 4.78 is 2.21. The Morgan fingerprint density at radius 3 is 2.48 bits per heavy atom. The molecule has 1 aliphatic rings. The molecule has 3 nitrogen and oxygen atoms in total. The van der Waals surface area contributed by atoms with Gasteiger partial charge in [-0.25, -0.2) is 0 Å². The zero-order valence-corrected chi connectivity index (χ0v) is 13.2. The van der Waals surface area contributed by atoms with Gasteiger partial charge in [0.25, 0.3) is 0 Å². The minimum atomic E-state index is 0.843. The van der Waals surface area contributed by atoms with Gasteiger partial charge in [0.2, 0.25) is 0 Å². The Balaban J connectivity index is 1.78. The molecule has 3 heteroatoms. The Hall–Kier alpha value is -2.39. The van der Waals surface area contributed by atoms with Crippen LogP contribution >= 0.6 is 0 Å². The van der Waals surface area contributed by atoms with Crippen molar-refractivity contribution < 1.29 is 0 Å². The van der Waals surface area contributed by atoms with Gasteiger partial charge in [-0.2, -0.15) is 5.10 Å². The smallest absolute Gasteiger partial charge is 0.0971 e. The summed E-state index contributed by atoms with van der Waals surface area (Å²) in [6, 6.07) is 21.1. The Kier molecular flexibility index (Phi) is 3.95. The average Bonchev–Trinajstić information content (AvgIpc) is 2.79. The highest BCUT2D eigenvalue weighted by atomic mass is 15.3. The van der Waals surface area contributed by atoms with Crippen molar-refractivity contribution in [2.24, 2.45) is 0 Å². The molecule has 0 unspecified atom stereocenters. The van der Waals surface area contributed by atoms with Crippen LogP contribution in [0.25, 0.3) is 11.3 Å². The predicted molar refractivity (Wildman–Crippen MR) is 93.2 cm³/mol. The molecule has 0 spiro atoms. The Morgan fingerprint density at radius 2 is 1.70 bits per heavy atom. The van der Waals surface area contributed by atoms with Crippen molar-refractivity contribution in [3.63, 3.8) is 0 Å².